The lowest BCUT2D eigenvalue weighted by Crippen LogP contribution is -2.31. The molecule has 8 heteroatoms. The SMILES string of the molecule is C/C=C\NCCC(C)(O)CC(CCN)c1nc(-c2cc3ccccc3[nH]2)c2c(N)nccn12.CC. The summed E-state index contributed by atoms with van der Waals surface area (Å²) in [6.07, 6.45) is 9.24. The number of fused-ring (bicyclic) bond motifs is 2. The molecule has 2 atom stereocenters. The number of hydrogen-bond donors (Lipinski definition) is 5. The Balaban J connectivity index is 0.00000167. The molecule has 0 saturated carbocycles. The molecule has 0 fully saturated rings. The highest BCUT2D eigenvalue weighted by Crippen LogP contribution is 2.36. The van der Waals surface area contributed by atoms with Crippen LogP contribution in [0, 0.1) is 0 Å². The van der Waals surface area contributed by atoms with Crippen molar-refractivity contribution < 1.29 is 5.11 Å². The third kappa shape index (κ3) is 6.01. The van der Waals surface area contributed by atoms with E-state index in [-0.39, 0.29) is 5.92 Å². The molecule has 2 unspecified atom stereocenters. The first kappa shape index (κ1) is 26.2. The second-order valence-electron chi connectivity index (χ2n) is 8.80. The number of nitrogen functional groups attached to an aromatic ring is 1. The summed E-state index contributed by atoms with van der Waals surface area (Å²) in [6.45, 7) is 9.01. The van der Waals surface area contributed by atoms with Gasteiger partial charge in [0.1, 0.15) is 22.9 Å². The van der Waals surface area contributed by atoms with Crippen LogP contribution in [0.5, 0.6) is 0 Å². The number of anilines is 1. The van der Waals surface area contributed by atoms with Gasteiger partial charge >= 0.3 is 0 Å². The number of nitrogens with two attached hydrogens (primary N) is 2. The fourth-order valence-electron chi connectivity index (χ4n) is 4.46. The highest BCUT2D eigenvalue weighted by atomic mass is 16.3. The number of aromatic nitrogens is 4. The summed E-state index contributed by atoms with van der Waals surface area (Å²) in [5, 5.41) is 15.4. The molecule has 0 radical (unpaired) electrons. The number of H-pyrrole nitrogens is 1. The number of benzene rings is 1. The molecule has 7 N–H and O–H groups in total. The van der Waals surface area contributed by atoms with Crippen LogP contribution in [0.15, 0.2) is 55.0 Å². The van der Waals surface area contributed by atoms with Crippen LogP contribution in [0.3, 0.4) is 0 Å². The topological polar surface area (TPSA) is 130 Å². The molecule has 8 nitrogen and oxygen atoms in total. The molecule has 3 heterocycles. The third-order valence-corrected chi connectivity index (χ3v) is 6.05. The number of nitrogens with one attached hydrogen (secondary N) is 2. The average Bonchev–Trinajstić information content (AvgIpc) is 3.45. The van der Waals surface area contributed by atoms with Crippen molar-refractivity contribution in [3.8, 4) is 11.4 Å². The van der Waals surface area contributed by atoms with Crippen molar-refractivity contribution in [1.29, 1.82) is 0 Å². The van der Waals surface area contributed by atoms with Crippen LogP contribution in [0.4, 0.5) is 5.82 Å². The van der Waals surface area contributed by atoms with Gasteiger partial charge in [-0.05, 0) is 58.0 Å². The van der Waals surface area contributed by atoms with Crippen molar-refractivity contribution in [2.24, 2.45) is 5.73 Å². The Kier molecular flexibility index (Phi) is 8.89. The van der Waals surface area contributed by atoms with E-state index in [4.69, 9.17) is 16.5 Å². The van der Waals surface area contributed by atoms with Crippen LogP contribution in [0.1, 0.15) is 58.7 Å². The molecule has 0 bridgehead atoms. The maximum Gasteiger partial charge on any atom is 0.150 e. The number of allylic oxidation sites excluding steroid dienone is 1. The largest absolute Gasteiger partial charge is 0.391 e. The first-order chi connectivity index (χ1) is 16.9. The number of imidazole rings is 1. The quantitative estimate of drug-likeness (QED) is 0.213. The van der Waals surface area contributed by atoms with Gasteiger partial charge in [0.2, 0.25) is 0 Å². The van der Waals surface area contributed by atoms with E-state index in [9.17, 15) is 5.11 Å². The third-order valence-electron chi connectivity index (χ3n) is 6.05. The van der Waals surface area contributed by atoms with Crippen LogP contribution in [-0.2, 0) is 0 Å². The first-order valence-electron chi connectivity index (χ1n) is 12.4. The van der Waals surface area contributed by atoms with Gasteiger partial charge in [-0.2, -0.15) is 0 Å². The van der Waals surface area contributed by atoms with Gasteiger partial charge in [-0.1, -0.05) is 38.1 Å². The van der Waals surface area contributed by atoms with Gasteiger partial charge in [-0.3, -0.25) is 4.40 Å². The summed E-state index contributed by atoms with van der Waals surface area (Å²) >= 11 is 0. The number of aromatic amines is 1. The maximum atomic E-state index is 11.1. The Morgan fingerprint density at radius 2 is 2.06 bits per heavy atom. The summed E-state index contributed by atoms with van der Waals surface area (Å²) in [6, 6.07) is 10.2. The second kappa shape index (κ2) is 11.9. The smallest absolute Gasteiger partial charge is 0.150 e. The Hall–Kier alpha value is -3.36. The molecule has 188 valence electrons. The summed E-state index contributed by atoms with van der Waals surface area (Å²) in [4.78, 5) is 12.8. The Morgan fingerprint density at radius 3 is 2.77 bits per heavy atom. The fourth-order valence-corrected chi connectivity index (χ4v) is 4.46. The van der Waals surface area contributed by atoms with Crippen LogP contribution >= 0.6 is 0 Å². The van der Waals surface area contributed by atoms with Crippen molar-refractivity contribution >= 4 is 22.2 Å². The Bertz CT molecular complexity index is 1220. The zero-order chi connectivity index (χ0) is 25.4. The summed E-state index contributed by atoms with van der Waals surface area (Å²) in [7, 11) is 0. The molecule has 0 aliphatic carbocycles. The number of rotatable bonds is 10. The number of hydrogen-bond acceptors (Lipinski definition) is 6. The standard InChI is InChI=1S/C25H33N7O.C2H6/c1-3-11-28-12-9-25(2,33)16-18(8-10-26)24-31-21(22-23(27)29-13-14-32(22)24)20-15-17-6-4-5-7-19(17)30-20;1-2/h3-7,11,13-15,18,28,30,33H,8-10,12,16,26H2,1-2H3,(H2,27,29);1-2H3/b11-3-;. The highest BCUT2D eigenvalue weighted by molar-refractivity contribution is 5.91. The van der Waals surface area contributed by atoms with Gasteiger partial charge in [0.15, 0.2) is 0 Å². The molecule has 1 aromatic carbocycles. The molecular formula is C27H39N7O. The molecule has 0 saturated heterocycles. The summed E-state index contributed by atoms with van der Waals surface area (Å²) < 4.78 is 2.00. The van der Waals surface area contributed by atoms with E-state index >= 15 is 0 Å². The predicted octanol–water partition coefficient (Wildman–Crippen LogP) is 4.57. The van der Waals surface area contributed by atoms with E-state index in [1.54, 1.807) is 6.20 Å². The van der Waals surface area contributed by atoms with E-state index in [1.165, 1.54) is 0 Å². The lowest BCUT2D eigenvalue weighted by atomic mass is 9.87. The van der Waals surface area contributed by atoms with Gasteiger partial charge in [0.25, 0.3) is 0 Å². The van der Waals surface area contributed by atoms with E-state index in [0.717, 1.165) is 33.6 Å². The molecule has 35 heavy (non-hydrogen) atoms. The van der Waals surface area contributed by atoms with Crippen LogP contribution in [-0.4, -0.2) is 43.1 Å². The molecule has 0 aliphatic heterocycles. The highest BCUT2D eigenvalue weighted by Gasteiger charge is 2.30. The minimum atomic E-state index is -0.875. The van der Waals surface area contributed by atoms with Crippen LogP contribution in [0.2, 0.25) is 0 Å². The summed E-state index contributed by atoms with van der Waals surface area (Å²) in [5.74, 6) is 1.21. The molecule has 4 rings (SSSR count). The number of nitrogens with zero attached hydrogens (tertiary/aromatic N) is 3. The normalized spacial score (nSPS) is 14.1. The van der Waals surface area contributed by atoms with Gasteiger partial charge in [-0.15, -0.1) is 0 Å². The first-order valence-corrected chi connectivity index (χ1v) is 12.4. The van der Waals surface area contributed by atoms with Gasteiger partial charge in [0.05, 0.1) is 11.3 Å². The van der Waals surface area contributed by atoms with Crippen molar-refractivity contribution in [1.82, 2.24) is 24.7 Å². The monoisotopic (exact) mass is 477 g/mol. The van der Waals surface area contributed by atoms with Crippen LogP contribution in [0.25, 0.3) is 27.8 Å². The lowest BCUT2D eigenvalue weighted by molar-refractivity contribution is 0.0342. The zero-order valence-electron chi connectivity index (χ0n) is 21.3. The molecule has 3 aromatic heterocycles. The molecule has 0 aliphatic rings. The van der Waals surface area contributed by atoms with Crippen molar-refractivity contribution in [3.05, 3.63) is 60.8 Å². The van der Waals surface area contributed by atoms with Gasteiger partial charge in [0, 0.05) is 35.8 Å². The van der Waals surface area contributed by atoms with Crippen molar-refractivity contribution in [3.63, 3.8) is 0 Å². The molecular weight excluding hydrogens is 438 g/mol. The minimum Gasteiger partial charge on any atom is -0.391 e. The second-order valence-corrected chi connectivity index (χ2v) is 8.80. The lowest BCUT2D eigenvalue weighted by Gasteiger charge is -2.28. The zero-order valence-corrected chi connectivity index (χ0v) is 21.3. The molecule has 0 amide bonds. The number of para-hydroxylation sites is 1. The Morgan fingerprint density at radius 1 is 1.29 bits per heavy atom. The van der Waals surface area contributed by atoms with E-state index < -0.39 is 5.60 Å². The van der Waals surface area contributed by atoms with Crippen molar-refractivity contribution in [2.45, 2.75) is 58.5 Å². The average molecular weight is 478 g/mol. The van der Waals surface area contributed by atoms with E-state index in [2.05, 4.69) is 27.4 Å². The fraction of sp³-hybridized carbons (Fsp3) is 0.407. The predicted molar refractivity (Wildman–Crippen MR) is 145 cm³/mol. The maximum absolute atomic E-state index is 11.1. The molecule has 0 spiro atoms. The molecule has 4 aromatic rings. The number of aliphatic hydroxyl groups is 1. The van der Waals surface area contributed by atoms with Crippen LogP contribution < -0.4 is 16.8 Å². The van der Waals surface area contributed by atoms with E-state index in [1.807, 2.05) is 68.8 Å². The van der Waals surface area contributed by atoms with Crippen molar-refractivity contribution in [2.75, 3.05) is 18.8 Å². The van der Waals surface area contributed by atoms with E-state index in [0.29, 0.717) is 38.2 Å². The Labute approximate surface area is 207 Å². The van der Waals surface area contributed by atoms with Gasteiger partial charge < -0.3 is 26.9 Å². The van der Waals surface area contributed by atoms with Gasteiger partial charge in [-0.25, -0.2) is 9.97 Å². The minimum absolute atomic E-state index is 0.0425. The summed E-state index contributed by atoms with van der Waals surface area (Å²) in [5.41, 5.74) is 14.9.